The number of aromatic nitrogens is 2. The molecule has 100 valence electrons. The smallest absolute Gasteiger partial charge is 0.227 e. The van der Waals surface area contributed by atoms with Crippen LogP contribution in [-0.4, -0.2) is 9.97 Å². The highest BCUT2D eigenvalue weighted by atomic mass is 16.5. The van der Waals surface area contributed by atoms with Crippen molar-refractivity contribution in [2.45, 2.75) is 13.5 Å². The van der Waals surface area contributed by atoms with E-state index in [4.69, 9.17) is 10.5 Å². The van der Waals surface area contributed by atoms with Crippen molar-refractivity contribution < 1.29 is 4.74 Å². The molecular formula is C16H15N3O. The highest BCUT2D eigenvalue weighted by molar-refractivity contribution is 5.87. The summed E-state index contributed by atoms with van der Waals surface area (Å²) in [5.41, 5.74) is 7.34. The molecule has 4 nitrogen and oxygen atoms in total. The van der Waals surface area contributed by atoms with Gasteiger partial charge in [-0.3, -0.25) is 4.98 Å². The van der Waals surface area contributed by atoms with Crippen molar-refractivity contribution in [2.75, 3.05) is 0 Å². The van der Waals surface area contributed by atoms with E-state index in [1.807, 2.05) is 49.4 Å². The molecule has 4 heteroatoms. The van der Waals surface area contributed by atoms with Crippen molar-refractivity contribution in [1.29, 1.82) is 0 Å². The number of aryl methyl sites for hydroxylation is 1. The second kappa shape index (κ2) is 5.27. The van der Waals surface area contributed by atoms with Gasteiger partial charge in [0.2, 0.25) is 5.88 Å². The van der Waals surface area contributed by atoms with Crippen molar-refractivity contribution in [3.05, 3.63) is 60.0 Å². The summed E-state index contributed by atoms with van der Waals surface area (Å²) in [4.78, 5) is 8.70. The molecule has 3 aromatic rings. The number of benzene rings is 1. The van der Waals surface area contributed by atoms with Crippen molar-refractivity contribution in [3.63, 3.8) is 0 Å². The molecule has 0 saturated heterocycles. The van der Waals surface area contributed by atoms with Gasteiger partial charge in [-0.15, -0.1) is 0 Å². The van der Waals surface area contributed by atoms with Crippen LogP contribution < -0.4 is 10.5 Å². The minimum absolute atomic E-state index is 0.382. The average molecular weight is 265 g/mol. The van der Waals surface area contributed by atoms with Crippen LogP contribution in [0.25, 0.3) is 10.8 Å². The maximum absolute atomic E-state index is 5.94. The fourth-order valence-electron chi connectivity index (χ4n) is 2.08. The first-order chi connectivity index (χ1) is 9.78. The Morgan fingerprint density at radius 2 is 2.00 bits per heavy atom. The Morgan fingerprint density at radius 3 is 2.80 bits per heavy atom. The Balaban J connectivity index is 2.13. The van der Waals surface area contributed by atoms with Crippen LogP contribution in [0.15, 0.2) is 48.7 Å². The van der Waals surface area contributed by atoms with E-state index in [2.05, 4.69) is 9.97 Å². The zero-order chi connectivity index (χ0) is 13.9. The third kappa shape index (κ3) is 2.33. The molecule has 0 aliphatic rings. The van der Waals surface area contributed by atoms with Gasteiger partial charge in [-0.25, -0.2) is 4.98 Å². The Kier molecular flexibility index (Phi) is 3.31. The number of fused-ring (bicyclic) bond motifs is 1. The summed E-state index contributed by atoms with van der Waals surface area (Å²) in [5.74, 6) is 1.28. The van der Waals surface area contributed by atoms with E-state index >= 15 is 0 Å². The maximum atomic E-state index is 5.94. The zero-order valence-corrected chi connectivity index (χ0v) is 11.2. The summed E-state index contributed by atoms with van der Waals surface area (Å²) in [6.07, 6.45) is 1.74. The first-order valence-corrected chi connectivity index (χ1v) is 6.46. The van der Waals surface area contributed by atoms with Crippen LogP contribution >= 0.6 is 0 Å². The molecule has 0 fully saturated rings. The normalized spacial score (nSPS) is 10.7. The molecule has 0 spiro atoms. The monoisotopic (exact) mass is 265 g/mol. The molecule has 3 rings (SSSR count). The van der Waals surface area contributed by atoms with Crippen molar-refractivity contribution in [3.8, 4) is 11.6 Å². The number of hydrogen-bond donors (Lipinski definition) is 1. The van der Waals surface area contributed by atoms with Crippen LogP contribution in [0.4, 0.5) is 0 Å². The summed E-state index contributed by atoms with van der Waals surface area (Å²) in [6.45, 7) is 2.29. The molecule has 0 amide bonds. The Hall–Kier alpha value is -2.46. The lowest BCUT2D eigenvalue weighted by Gasteiger charge is -2.11. The van der Waals surface area contributed by atoms with Crippen LogP contribution in [0, 0.1) is 6.92 Å². The van der Waals surface area contributed by atoms with Gasteiger partial charge in [-0.2, -0.15) is 0 Å². The van der Waals surface area contributed by atoms with Gasteiger partial charge in [0.15, 0.2) is 5.75 Å². The van der Waals surface area contributed by atoms with Gasteiger partial charge in [0.05, 0.1) is 11.4 Å². The molecule has 0 unspecified atom stereocenters. The first kappa shape index (κ1) is 12.6. The minimum Gasteiger partial charge on any atom is -0.436 e. The lowest BCUT2D eigenvalue weighted by Crippen LogP contribution is -2.02. The highest BCUT2D eigenvalue weighted by Crippen LogP contribution is 2.29. The summed E-state index contributed by atoms with van der Waals surface area (Å²) >= 11 is 0. The molecule has 0 aliphatic carbocycles. The Bertz CT molecular complexity index is 756. The number of nitrogens with zero attached hydrogens (tertiary/aromatic N) is 2. The van der Waals surface area contributed by atoms with E-state index in [1.54, 1.807) is 6.20 Å². The molecule has 0 bridgehead atoms. The van der Waals surface area contributed by atoms with E-state index in [1.165, 1.54) is 0 Å². The standard InChI is InChI=1S/C16H15N3O/c1-11-15(7-4-8-18-11)20-16-14-6-3-2-5-12(14)9-13(10-17)19-16/h2-9H,10,17H2,1H3. The van der Waals surface area contributed by atoms with Gasteiger partial charge in [0.1, 0.15) is 0 Å². The third-order valence-electron chi connectivity index (χ3n) is 3.13. The molecule has 0 aliphatic heterocycles. The van der Waals surface area contributed by atoms with E-state index < -0.39 is 0 Å². The second-order valence-corrected chi connectivity index (χ2v) is 4.53. The molecule has 0 saturated carbocycles. The zero-order valence-electron chi connectivity index (χ0n) is 11.2. The van der Waals surface area contributed by atoms with Gasteiger partial charge in [0, 0.05) is 18.1 Å². The Labute approximate surface area is 117 Å². The van der Waals surface area contributed by atoms with Crippen LogP contribution in [-0.2, 0) is 6.54 Å². The quantitative estimate of drug-likeness (QED) is 0.790. The van der Waals surface area contributed by atoms with E-state index in [0.717, 1.165) is 22.2 Å². The number of ether oxygens (including phenoxy) is 1. The number of pyridine rings is 2. The summed E-state index contributed by atoms with van der Waals surface area (Å²) in [6, 6.07) is 13.7. The predicted molar refractivity (Wildman–Crippen MR) is 78.7 cm³/mol. The molecule has 1 aromatic carbocycles. The fourth-order valence-corrected chi connectivity index (χ4v) is 2.08. The van der Waals surface area contributed by atoms with Gasteiger partial charge >= 0.3 is 0 Å². The van der Waals surface area contributed by atoms with E-state index in [-0.39, 0.29) is 0 Å². The summed E-state index contributed by atoms with van der Waals surface area (Å²) in [7, 11) is 0. The van der Waals surface area contributed by atoms with Gasteiger partial charge < -0.3 is 10.5 Å². The number of nitrogens with two attached hydrogens (primary N) is 1. The van der Waals surface area contributed by atoms with Gasteiger partial charge in [0.25, 0.3) is 0 Å². The van der Waals surface area contributed by atoms with Crippen molar-refractivity contribution in [2.24, 2.45) is 5.73 Å². The minimum atomic E-state index is 0.382. The van der Waals surface area contributed by atoms with E-state index in [9.17, 15) is 0 Å². The average Bonchev–Trinajstić information content (AvgIpc) is 2.49. The van der Waals surface area contributed by atoms with Crippen LogP contribution in [0.1, 0.15) is 11.4 Å². The highest BCUT2D eigenvalue weighted by Gasteiger charge is 2.09. The molecule has 20 heavy (non-hydrogen) atoms. The summed E-state index contributed by atoms with van der Waals surface area (Å²) < 4.78 is 5.94. The lowest BCUT2D eigenvalue weighted by atomic mass is 10.1. The molecular weight excluding hydrogens is 250 g/mol. The van der Waals surface area contributed by atoms with Gasteiger partial charge in [-0.05, 0) is 36.6 Å². The largest absolute Gasteiger partial charge is 0.436 e. The second-order valence-electron chi connectivity index (χ2n) is 4.53. The predicted octanol–water partition coefficient (Wildman–Crippen LogP) is 3.19. The molecule has 2 heterocycles. The van der Waals surface area contributed by atoms with Crippen molar-refractivity contribution >= 4 is 10.8 Å². The number of hydrogen-bond acceptors (Lipinski definition) is 4. The molecule has 0 atom stereocenters. The third-order valence-corrected chi connectivity index (χ3v) is 3.13. The first-order valence-electron chi connectivity index (χ1n) is 6.46. The van der Waals surface area contributed by atoms with Crippen LogP contribution in [0.5, 0.6) is 11.6 Å². The maximum Gasteiger partial charge on any atom is 0.227 e. The van der Waals surface area contributed by atoms with Crippen LogP contribution in [0.3, 0.4) is 0 Å². The fraction of sp³-hybridized carbons (Fsp3) is 0.125. The SMILES string of the molecule is Cc1ncccc1Oc1nc(CN)cc2ccccc12. The van der Waals surface area contributed by atoms with Gasteiger partial charge in [-0.1, -0.05) is 18.2 Å². The van der Waals surface area contributed by atoms with E-state index in [0.29, 0.717) is 18.2 Å². The summed E-state index contributed by atoms with van der Waals surface area (Å²) in [5, 5.41) is 2.03. The molecule has 2 N–H and O–H groups in total. The molecule has 2 aromatic heterocycles. The Morgan fingerprint density at radius 1 is 1.15 bits per heavy atom. The number of rotatable bonds is 3. The topological polar surface area (TPSA) is 61.0 Å². The van der Waals surface area contributed by atoms with Crippen LogP contribution in [0.2, 0.25) is 0 Å². The van der Waals surface area contributed by atoms with Crippen molar-refractivity contribution in [1.82, 2.24) is 9.97 Å². The lowest BCUT2D eigenvalue weighted by molar-refractivity contribution is 0.461. The molecule has 0 radical (unpaired) electrons.